The zero-order valence-electron chi connectivity index (χ0n) is 19.1. The summed E-state index contributed by atoms with van der Waals surface area (Å²) in [5.41, 5.74) is 2.95. The molecule has 0 radical (unpaired) electrons. The van der Waals surface area contributed by atoms with E-state index in [0.29, 0.717) is 0 Å². The third-order valence-electron chi connectivity index (χ3n) is 5.81. The second-order valence-corrected chi connectivity index (χ2v) is 7.96. The topological polar surface area (TPSA) is 51.5 Å². The molecule has 1 aromatic heterocycles. The molecule has 1 aliphatic heterocycles. The second-order valence-electron chi connectivity index (χ2n) is 7.96. The Kier molecular flexibility index (Phi) is 8.26. The van der Waals surface area contributed by atoms with Gasteiger partial charge in [-0.3, -0.25) is 4.79 Å². The van der Waals surface area contributed by atoms with Crippen LogP contribution >= 0.6 is 0 Å². The Balaban J connectivity index is 0.000000416. The van der Waals surface area contributed by atoms with Gasteiger partial charge >= 0.3 is 6.09 Å². The molecule has 2 atom stereocenters. The quantitative estimate of drug-likeness (QED) is 0.511. The summed E-state index contributed by atoms with van der Waals surface area (Å²) in [6, 6.07) is 23.7. The first-order chi connectivity index (χ1) is 15.5. The van der Waals surface area contributed by atoms with E-state index in [9.17, 15) is 9.59 Å². The normalized spacial score (nSPS) is 16.5. The molecule has 5 heteroatoms. The Hall–Kier alpha value is -3.34. The van der Waals surface area contributed by atoms with Crippen LogP contribution < -0.4 is 5.56 Å². The van der Waals surface area contributed by atoms with Crippen LogP contribution in [0.15, 0.2) is 83.8 Å². The minimum Gasteiger partial charge on any atom is -0.446 e. The summed E-state index contributed by atoms with van der Waals surface area (Å²) in [7, 11) is 1.74. The zero-order valence-corrected chi connectivity index (χ0v) is 19.1. The van der Waals surface area contributed by atoms with Crippen molar-refractivity contribution in [3.05, 3.63) is 94.9 Å². The maximum atomic E-state index is 12.4. The molecular formula is C27H32N2O3. The number of pyridine rings is 1. The standard InChI is InChI=1S/C21H26N2O3.C6H6/c1-4-18-11-13-23(21(25)26-18)19(5-2)16-8-6-15(7-9-16)17-10-12-22(3)20(24)14-17;1-2-4-6-5-3-1/h6-10,12,14,18-19H,4-5,11,13H2,1-3H3;1-6H. The lowest BCUT2D eigenvalue weighted by atomic mass is 9.98. The lowest BCUT2D eigenvalue weighted by Crippen LogP contribution is -2.43. The van der Waals surface area contributed by atoms with Crippen molar-refractivity contribution in [2.24, 2.45) is 7.05 Å². The Morgan fingerprint density at radius 3 is 2.06 bits per heavy atom. The number of nitrogens with zero attached hydrogens (tertiary/aromatic N) is 2. The number of ether oxygens (including phenoxy) is 1. The van der Waals surface area contributed by atoms with Crippen LogP contribution in [0.3, 0.4) is 0 Å². The van der Waals surface area contributed by atoms with Crippen molar-refractivity contribution in [3.63, 3.8) is 0 Å². The first kappa shape index (κ1) is 23.3. The predicted molar refractivity (Wildman–Crippen MR) is 128 cm³/mol. The molecule has 0 spiro atoms. The zero-order chi connectivity index (χ0) is 22.9. The SMILES string of the molecule is CCC1CCN(C(CC)c2ccc(-c3ccn(C)c(=O)c3)cc2)C(=O)O1.c1ccccc1. The molecule has 0 aliphatic carbocycles. The molecule has 168 valence electrons. The van der Waals surface area contributed by atoms with Gasteiger partial charge in [-0.15, -0.1) is 0 Å². The maximum absolute atomic E-state index is 12.4. The average molecular weight is 433 g/mol. The number of aryl methyl sites for hydroxylation is 1. The molecule has 32 heavy (non-hydrogen) atoms. The van der Waals surface area contributed by atoms with E-state index in [1.807, 2.05) is 78.6 Å². The maximum Gasteiger partial charge on any atom is 0.410 e. The highest BCUT2D eigenvalue weighted by atomic mass is 16.6. The minimum atomic E-state index is -0.217. The number of hydrogen-bond acceptors (Lipinski definition) is 3. The van der Waals surface area contributed by atoms with Gasteiger partial charge in [0.2, 0.25) is 0 Å². The van der Waals surface area contributed by atoms with Gasteiger partial charge in [0, 0.05) is 32.3 Å². The summed E-state index contributed by atoms with van der Waals surface area (Å²) in [5.74, 6) is 0. The molecule has 2 aromatic carbocycles. The van der Waals surface area contributed by atoms with E-state index in [2.05, 4.69) is 6.92 Å². The number of rotatable bonds is 5. The lowest BCUT2D eigenvalue weighted by Gasteiger charge is -2.36. The van der Waals surface area contributed by atoms with E-state index >= 15 is 0 Å². The highest BCUT2D eigenvalue weighted by Crippen LogP contribution is 2.30. The van der Waals surface area contributed by atoms with E-state index in [-0.39, 0.29) is 23.8 Å². The highest BCUT2D eigenvalue weighted by molar-refractivity contribution is 5.69. The number of cyclic esters (lactones) is 1. The Morgan fingerprint density at radius 1 is 0.938 bits per heavy atom. The van der Waals surface area contributed by atoms with Crippen molar-refractivity contribution in [2.75, 3.05) is 6.54 Å². The summed E-state index contributed by atoms with van der Waals surface area (Å²) >= 11 is 0. The predicted octanol–water partition coefficient (Wildman–Crippen LogP) is 5.81. The summed E-state index contributed by atoms with van der Waals surface area (Å²) in [6.07, 6.45) is 4.17. The Bertz CT molecular complexity index is 1020. The van der Waals surface area contributed by atoms with Crippen molar-refractivity contribution in [1.82, 2.24) is 9.47 Å². The molecule has 1 fully saturated rings. The lowest BCUT2D eigenvalue weighted by molar-refractivity contribution is 0.00884. The molecule has 3 aromatic rings. The first-order valence-corrected chi connectivity index (χ1v) is 11.3. The van der Waals surface area contributed by atoms with Crippen LogP contribution in [-0.2, 0) is 11.8 Å². The third kappa shape index (κ3) is 5.88. The first-order valence-electron chi connectivity index (χ1n) is 11.3. The molecule has 4 rings (SSSR count). The van der Waals surface area contributed by atoms with Crippen LogP contribution in [0.25, 0.3) is 11.1 Å². The molecule has 0 bridgehead atoms. The Morgan fingerprint density at radius 2 is 1.56 bits per heavy atom. The van der Waals surface area contributed by atoms with Crippen molar-refractivity contribution in [3.8, 4) is 11.1 Å². The summed E-state index contributed by atoms with van der Waals surface area (Å²) < 4.78 is 7.07. The van der Waals surface area contributed by atoms with Gasteiger partial charge in [-0.1, -0.05) is 74.5 Å². The van der Waals surface area contributed by atoms with Gasteiger partial charge in [-0.05, 0) is 35.6 Å². The van der Waals surface area contributed by atoms with Crippen LogP contribution in [0.4, 0.5) is 4.79 Å². The fourth-order valence-electron chi connectivity index (χ4n) is 3.86. The molecule has 2 heterocycles. The Labute approximate surface area is 190 Å². The van der Waals surface area contributed by atoms with Crippen LogP contribution in [0.1, 0.15) is 44.7 Å². The van der Waals surface area contributed by atoms with Gasteiger partial charge < -0.3 is 14.2 Å². The van der Waals surface area contributed by atoms with E-state index < -0.39 is 0 Å². The van der Waals surface area contributed by atoms with Crippen molar-refractivity contribution < 1.29 is 9.53 Å². The largest absolute Gasteiger partial charge is 0.446 e. The van der Waals surface area contributed by atoms with Gasteiger partial charge in [0.1, 0.15) is 6.10 Å². The van der Waals surface area contributed by atoms with Crippen LogP contribution in [0.5, 0.6) is 0 Å². The molecule has 2 unspecified atom stereocenters. The number of carbonyl (C=O) groups is 1. The fourth-order valence-corrected chi connectivity index (χ4v) is 3.86. The van der Waals surface area contributed by atoms with E-state index in [1.54, 1.807) is 23.9 Å². The van der Waals surface area contributed by atoms with Gasteiger partial charge in [0.05, 0.1) is 6.04 Å². The number of carbonyl (C=O) groups excluding carboxylic acids is 1. The summed E-state index contributed by atoms with van der Waals surface area (Å²) in [6.45, 7) is 4.85. The number of hydrogen-bond donors (Lipinski definition) is 0. The van der Waals surface area contributed by atoms with Crippen molar-refractivity contribution in [1.29, 1.82) is 0 Å². The van der Waals surface area contributed by atoms with E-state index in [4.69, 9.17) is 4.74 Å². The van der Waals surface area contributed by atoms with Crippen molar-refractivity contribution >= 4 is 6.09 Å². The van der Waals surface area contributed by atoms with Gasteiger partial charge in [0.15, 0.2) is 0 Å². The number of benzene rings is 2. The van der Waals surface area contributed by atoms with Gasteiger partial charge in [-0.2, -0.15) is 0 Å². The number of amides is 1. The molecule has 0 saturated carbocycles. The van der Waals surface area contributed by atoms with E-state index in [1.165, 1.54) is 0 Å². The monoisotopic (exact) mass is 432 g/mol. The molecule has 0 N–H and O–H groups in total. The second kappa shape index (κ2) is 11.3. The average Bonchev–Trinajstić information content (AvgIpc) is 2.84. The van der Waals surface area contributed by atoms with Crippen LogP contribution in [0, 0.1) is 0 Å². The van der Waals surface area contributed by atoms with Crippen LogP contribution in [0.2, 0.25) is 0 Å². The molecule has 5 nitrogen and oxygen atoms in total. The molecule has 1 saturated heterocycles. The van der Waals surface area contributed by atoms with E-state index in [0.717, 1.165) is 42.5 Å². The van der Waals surface area contributed by atoms with Gasteiger partial charge in [0.25, 0.3) is 5.56 Å². The summed E-state index contributed by atoms with van der Waals surface area (Å²) in [5, 5.41) is 0. The highest BCUT2D eigenvalue weighted by Gasteiger charge is 2.31. The smallest absolute Gasteiger partial charge is 0.410 e. The number of aromatic nitrogens is 1. The third-order valence-corrected chi connectivity index (χ3v) is 5.81. The van der Waals surface area contributed by atoms with Gasteiger partial charge in [-0.25, -0.2) is 4.79 Å². The van der Waals surface area contributed by atoms with Crippen molar-refractivity contribution in [2.45, 2.75) is 45.3 Å². The molecular weight excluding hydrogens is 400 g/mol. The fraction of sp³-hybridized carbons (Fsp3) is 0.333. The molecule has 1 amide bonds. The minimum absolute atomic E-state index is 0.0120. The summed E-state index contributed by atoms with van der Waals surface area (Å²) in [4.78, 5) is 26.0. The van der Waals surface area contributed by atoms with Crippen LogP contribution in [-0.4, -0.2) is 28.2 Å². The molecule has 1 aliphatic rings.